The number of hydrogen-bond donors (Lipinski definition) is 1. The molecule has 0 radical (unpaired) electrons. The number of rotatable bonds is 8. The molecular formula is C25H30N4O4S. The lowest BCUT2D eigenvalue weighted by atomic mass is 10.1. The molecule has 2 heterocycles. The van der Waals surface area contributed by atoms with Gasteiger partial charge in [0.1, 0.15) is 5.75 Å². The van der Waals surface area contributed by atoms with Crippen LogP contribution >= 0.6 is 0 Å². The summed E-state index contributed by atoms with van der Waals surface area (Å²) in [6, 6.07) is 12.3. The summed E-state index contributed by atoms with van der Waals surface area (Å²) in [4.78, 5) is 17.3. The van der Waals surface area contributed by atoms with Gasteiger partial charge in [0.05, 0.1) is 23.9 Å². The second-order valence-corrected chi connectivity index (χ2v) is 10.3. The van der Waals surface area contributed by atoms with Crippen LogP contribution in [-0.4, -0.2) is 48.4 Å². The highest BCUT2D eigenvalue weighted by Gasteiger charge is 2.27. The molecule has 0 aliphatic carbocycles. The maximum atomic E-state index is 13.2. The number of nitrogens with one attached hydrogen (secondary N) is 1. The van der Waals surface area contributed by atoms with Crippen molar-refractivity contribution in [3.63, 3.8) is 0 Å². The average molecular weight is 483 g/mol. The van der Waals surface area contributed by atoms with Crippen LogP contribution in [0.15, 0.2) is 66.1 Å². The molecule has 1 amide bonds. The lowest BCUT2D eigenvalue weighted by Gasteiger charge is -2.21. The van der Waals surface area contributed by atoms with E-state index in [1.807, 2.05) is 35.0 Å². The Bertz CT molecular complexity index is 1220. The smallest absolute Gasteiger partial charge is 0.255 e. The van der Waals surface area contributed by atoms with Crippen LogP contribution in [0.5, 0.6) is 5.75 Å². The van der Waals surface area contributed by atoms with E-state index in [-0.39, 0.29) is 16.4 Å². The Morgan fingerprint density at radius 3 is 2.47 bits per heavy atom. The number of carbonyl (C=O) groups is 1. The highest BCUT2D eigenvalue weighted by Crippen LogP contribution is 2.26. The molecule has 8 nitrogen and oxygen atoms in total. The minimum Gasteiger partial charge on any atom is -0.496 e. The molecule has 4 rings (SSSR count). The van der Waals surface area contributed by atoms with E-state index >= 15 is 0 Å². The first kappa shape index (κ1) is 24.0. The molecule has 0 saturated carbocycles. The number of aromatic nitrogens is 2. The number of methoxy groups -OCH3 is 1. The summed E-state index contributed by atoms with van der Waals surface area (Å²) in [6.07, 6.45) is 9.12. The summed E-state index contributed by atoms with van der Waals surface area (Å²) in [5.41, 5.74) is 2.23. The van der Waals surface area contributed by atoms with Crippen molar-refractivity contribution in [3.8, 4) is 5.75 Å². The van der Waals surface area contributed by atoms with E-state index in [0.29, 0.717) is 31.9 Å². The summed E-state index contributed by atoms with van der Waals surface area (Å²) in [5, 5.41) is 2.93. The molecule has 1 fully saturated rings. The van der Waals surface area contributed by atoms with Gasteiger partial charge in [0, 0.05) is 38.6 Å². The van der Waals surface area contributed by atoms with Crippen molar-refractivity contribution in [3.05, 3.63) is 77.9 Å². The zero-order chi connectivity index (χ0) is 24.0. The minimum absolute atomic E-state index is 0.112. The quantitative estimate of drug-likeness (QED) is 0.531. The van der Waals surface area contributed by atoms with Gasteiger partial charge >= 0.3 is 0 Å². The largest absolute Gasteiger partial charge is 0.496 e. The Morgan fingerprint density at radius 2 is 1.79 bits per heavy atom. The number of nitrogens with zero attached hydrogens (tertiary/aromatic N) is 3. The average Bonchev–Trinajstić information content (AvgIpc) is 3.20. The van der Waals surface area contributed by atoms with E-state index in [1.165, 1.54) is 23.5 Å². The van der Waals surface area contributed by atoms with Crippen LogP contribution in [0.1, 0.15) is 47.2 Å². The highest BCUT2D eigenvalue weighted by molar-refractivity contribution is 7.89. The van der Waals surface area contributed by atoms with Gasteiger partial charge in [-0.1, -0.05) is 37.1 Å². The first-order chi connectivity index (χ1) is 16.5. The SMILES string of the molecule is COc1ccc(S(=O)(=O)N2CCCCCC2)cc1C(=O)NCc1ccccc1Cn1ccnc1. The Hall–Kier alpha value is -3.17. The predicted molar refractivity (Wildman–Crippen MR) is 129 cm³/mol. The van der Waals surface area contributed by atoms with Gasteiger partial charge in [-0.25, -0.2) is 13.4 Å². The molecule has 2 aromatic carbocycles. The van der Waals surface area contributed by atoms with Crippen LogP contribution in [0.4, 0.5) is 0 Å². The van der Waals surface area contributed by atoms with Gasteiger partial charge in [0.15, 0.2) is 0 Å². The van der Waals surface area contributed by atoms with E-state index < -0.39 is 10.0 Å². The third-order valence-electron chi connectivity index (χ3n) is 6.09. The molecule has 0 unspecified atom stereocenters. The molecule has 1 aromatic heterocycles. The fourth-order valence-corrected chi connectivity index (χ4v) is 5.73. The molecule has 1 saturated heterocycles. The topological polar surface area (TPSA) is 93.5 Å². The van der Waals surface area contributed by atoms with Gasteiger partial charge in [-0.2, -0.15) is 4.31 Å². The van der Waals surface area contributed by atoms with Crippen LogP contribution in [-0.2, 0) is 23.1 Å². The molecule has 1 aliphatic heterocycles. The third-order valence-corrected chi connectivity index (χ3v) is 7.98. The summed E-state index contributed by atoms with van der Waals surface area (Å²) in [5.74, 6) is -0.0544. The maximum absolute atomic E-state index is 13.2. The fraction of sp³-hybridized carbons (Fsp3) is 0.360. The maximum Gasteiger partial charge on any atom is 0.255 e. The summed E-state index contributed by atoms with van der Waals surface area (Å²) >= 11 is 0. The molecule has 180 valence electrons. The van der Waals surface area contributed by atoms with Crippen molar-refractivity contribution in [1.82, 2.24) is 19.2 Å². The van der Waals surface area contributed by atoms with Gasteiger partial charge in [-0.15, -0.1) is 0 Å². The molecule has 0 bridgehead atoms. The number of benzene rings is 2. The second-order valence-electron chi connectivity index (χ2n) is 8.37. The number of sulfonamides is 1. The predicted octanol–water partition coefficient (Wildman–Crippen LogP) is 3.43. The van der Waals surface area contributed by atoms with Crippen molar-refractivity contribution >= 4 is 15.9 Å². The van der Waals surface area contributed by atoms with Crippen molar-refractivity contribution in [2.75, 3.05) is 20.2 Å². The van der Waals surface area contributed by atoms with Gasteiger partial charge < -0.3 is 14.6 Å². The molecule has 1 N–H and O–H groups in total. The zero-order valence-electron chi connectivity index (χ0n) is 19.3. The van der Waals surface area contributed by atoms with Crippen molar-refractivity contribution in [1.29, 1.82) is 0 Å². The lowest BCUT2D eigenvalue weighted by molar-refractivity contribution is 0.0947. The Kier molecular flexibility index (Phi) is 7.64. The zero-order valence-corrected chi connectivity index (χ0v) is 20.1. The normalized spacial score (nSPS) is 15.0. The van der Waals surface area contributed by atoms with Gasteiger partial charge in [0.25, 0.3) is 5.91 Å². The molecule has 9 heteroatoms. The Balaban J connectivity index is 1.53. The first-order valence-electron chi connectivity index (χ1n) is 11.5. The number of hydrogen-bond acceptors (Lipinski definition) is 5. The van der Waals surface area contributed by atoms with Crippen molar-refractivity contribution in [2.24, 2.45) is 0 Å². The molecule has 0 spiro atoms. The van der Waals surface area contributed by atoms with Crippen molar-refractivity contribution < 1.29 is 17.9 Å². The molecule has 3 aromatic rings. The minimum atomic E-state index is -3.68. The number of ether oxygens (including phenoxy) is 1. The van der Waals surface area contributed by atoms with Gasteiger partial charge in [-0.3, -0.25) is 4.79 Å². The molecule has 1 aliphatic rings. The van der Waals surface area contributed by atoms with Gasteiger partial charge in [0.2, 0.25) is 10.0 Å². The van der Waals surface area contributed by atoms with Crippen molar-refractivity contribution in [2.45, 2.75) is 43.7 Å². The standard InChI is InChI=1S/C25H30N4O4S/c1-33-24-11-10-22(34(31,32)29-13-6-2-3-7-14-29)16-23(24)25(30)27-17-20-8-4-5-9-21(20)18-28-15-12-26-19-28/h4-5,8-12,15-16,19H,2-3,6-7,13-14,17-18H2,1H3,(H,27,30). The monoisotopic (exact) mass is 482 g/mol. The molecule has 0 atom stereocenters. The number of amides is 1. The highest BCUT2D eigenvalue weighted by atomic mass is 32.2. The lowest BCUT2D eigenvalue weighted by Crippen LogP contribution is -2.32. The van der Waals surface area contributed by atoms with Crippen LogP contribution in [0.2, 0.25) is 0 Å². The van der Waals surface area contributed by atoms with Crippen LogP contribution < -0.4 is 10.1 Å². The van der Waals surface area contributed by atoms with E-state index in [1.54, 1.807) is 18.6 Å². The molecule has 34 heavy (non-hydrogen) atoms. The van der Waals surface area contributed by atoms with Gasteiger partial charge in [-0.05, 0) is 42.2 Å². The summed E-state index contributed by atoms with van der Waals surface area (Å²) < 4.78 is 35.3. The fourth-order valence-electron chi connectivity index (χ4n) is 4.19. The second kappa shape index (κ2) is 10.8. The van der Waals surface area contributed by atoms with E-state index in [0.717, 1.165) is 36.8 Å². The summed E-state index contributed by atoms with van der Waals surface area (Å²) in [6.45, 7) is 1.95. The van der Waals surface area contributed by atoms with Crippen LogP contribution in [0.25, 0.3) is 0 Å². The third kappa shape index (κ3) is 5.48. The first-order valence-corrected chi connectivity index (χ1v) is 12.9. The Morgan fingerprint density at radius 1 is 1.06 bits per heavy atom. The van der Waals surface area contributed by atoms with Crippen LogP contribution in [0, 0.1) is 0 Å². The molecular weight excluding hydrogens is 452 g/mol. The van der Waals surface area contributed by atoms with E-state index in [4.69, 9.17) is 4.74 Å². The number of imidazole rings is 1. The summed E-state index contributed by atoms with van der Waals surface area (Å²) in [7, 11) is -2.21. The Labute approximate surface area is 200 Å². The van der Waals surface area contributed by atoms with E-state index in [9.17, 15) is 13.2 Å². The van der Waals surface area contributed by atoms with E-state index in [2.05, 4.69) is 10.3 Å². The van der Waals surface area contributed by atoms with Crippen LogP contribution in [0.3, 0.4) is 0 Å². The number of carbonyl (C=O) groups excluding carboxylic acids is 1.